The van der Waals surface area contributed by atoms with Crippen molar-refractivity contribution in [2.45, 2.75) is 12.7 Å². The minimum Gasteiger partial charge on any atom is -0.481 e. The molecule has 0 spiro atoms. The summed E-state index contributed by atoms with van der Waals surface area (Å²) in [7, 11) is 1.49. The van der Waals surface area contributed by atoms with Crippen molar-refractivity contribution in [2.75, 3.05) is 12.4 Å². The Bertz CT molecular complexity index is 867. The molecule has 1 aromatic carbocycles. The predicted molar refractivity (Wildman–Crippen MR) is 82.7 cm³/mol. The molecule has 0 atom stereocenters. The van der Waals surface area contributed by atoms with Crippen LogP contribution in [-0.4, -0.2) is 22.1 Å². The second-order valence-corrected chi connectivity index (χ2v) is 4.97. The van der Waals surface area contributed by atoms with Crippen LogP contribution in [0.2, 0.25) is 0 Å². The molecular weight excluding hydrogens is 321 g/mol. The Labute approximate surface area is 135 Å². The van der Waals surface area contributed by atoms with Gasteiger partial charge in [0.1, 0.15) is 5.82 Å². The van der Waals surface area contributed by atoms with Crippen molar-refractivity contribution in [1.82, 2.24) is 15.0 Å². The number of methoxy groups -OCH3 is 1. The van der Waals surface area contributed by atoms with Gasteiger partial charge in [0.25, 0.3) is 0 Å². The number of aromatic nitrogens is 3. The Morgan fingerprint density at radius 1 is 1.12 bits per heavy atom. The van der Waals surface area contributed by atoms with Gasteiger partial charge in [0.2, 0.25) is 11.7 Å². The highest BCUT2D eigenvalue weighted by atomic mass is 19.4. The number of hydrogen-bond donors (Lipinski definition) is 1. The lowest BCUT2D eigenvalue weighted by atomic mass is 10.2. The van der Waals surface area contributed by atoms with Crippen molar-refractivity contribution >= 4 is 16.7 Å². The SMILES string of the molecule is COc1cc(CNc2nc(C(F)(F)F)nc3ccccc23)ccn1. The van der Waals surface area contributed by atoms with Gasteiger partial charge in [-0.3, -0.25) is 0 Å². The lowest BCUT2D eigenvalue weighted by Crippen LogP contribution is -2.13. The van der Waals surface area contributed by atoms with Gasteiger partial charge in [-0.1, -0.05) is 12.1 Å². The molecule has 1 N–H and O–H groups in total. The Balaban J connectivity index is 1.95. The summed E-state index contributed by atoms with van der Waals surface area (Å²) in [6.45, 7) is 0.275. The quantitative estimate of drug-likeness (QED) is 0.789. The van der Waals surface area contributed by atoms with E-state index in [-0.39, 0.29) is 17.9 Å². The van der Waals surface area contributed by atoms with Gasteiger partial charge in [-0.25, -0.2) is 15.0 Å². The number of fused-ring (bicyclic) bond motifs is 1. The third-order valence-corrected chi connectivity index (χ3v) is 3.33. The third-order valence-electron chi connectivity index (χ3n) is 3.33. The number of benzene rings is 1. The molecule has 0 bridgehead atoms. The maximum Gasteiger partial charge on any atom is 0.451 e. The zero-order valence-corrected chi connectivity index (χ0v) is 12.6. The zero-order chi connectivity index (χ0) is 17.2. The van der Waals surface area contributed by atoms with E-state index in [1.165, 1.54) is 13.2 Å². The fraction of sp³-hybridized carbons (Fsp3) is 0.188. The van der Waals surface area contributed by atoms with Gasteiger partial charge in [-0.05, 0) is 23.8 Å². The van der Waals surface area contributed by atoms with Crippen LogP contribution >= 0.6 is 0 Å². The minimum absolute atomic E-state index is 0.128. The number of ether oxygens (including phenoxy) is 1. The van der Waals surface area contributed by atoms with Crippen LogP contribution in [0.25, 0.3) is 10.9 Å². The predicted octanol–water partition coefficient (Wildman–Crippen LogP) is 3.66. The van der Waals surface area contributed by atoms with E-state index in [0.29, 0.717) is 11.3 Å². The van der Waals surface area contributed by atoms with E-state index in [9.17, 15) is 13.2 Å². The lowest BCUT2D eigenvalue weighted by Gasteiger charge is -2.12. The van der Waals surface area contributed by atoms with E-state index in [2.05, 4.69) is 20.3 Å². The van der Waals surface area contributed by atoms with Crippen LogP contribution in [0.1, 0.15) is 11.4 Å². The molecule has 0 unspecified atom stereocenters. The van der Waals surface area contributed by atoms with Crippen LogP contribution in [-0.2, 0) is 12.7 Å². The van der Waals surface area contributed by atoms with E-state index in [4.69, 9.17) is 4.74 Å². The molecule has 2 aromatic heterocycles. The summed E-state index contributed by atoms with van der Waals surface area (Å²) in [5.41, 5.74) is 1.03. The summed E-state index contributed by atoms with van der Waals surface area (Å²) in [6.07, 6.45) is -3.05. The average Bonchev–Trinajstić information content (AvgIpc) is 2.58. The molecule has 0 saturated carbocycles. The molecular formula is C16H13F3N4O. The standard InChI is InChI=1S/C16H13F3N4O/c1-24-13-8-10(6-7-20-13)9-21-14-11-4-2-3-5-12(11)22-15(23-14)16(17,18)19/h2-8H,9H2,1H3,(H,21,22,23). The normalized spacial score (nSPS) is 11.5. The highest BCUT2D eigenvalue weighted by Crippen LogP contribution is 2.30. The summed E-state index contributed by atoms with van der Waals surface area (Å²) in [5.74, 6) is -0.613. The van der Waals surface area contributed by atoms with E-state index >= 15 is 0 Å². The summed E-state index contributed by atoms with van der Waals surface area (Å²) in [4.78, 5) is 11.2. The molecule has 0 aliphatic rings. The molecule has 2 heterocycles. The fourth-order valence-electron chi connectivity index (χ4n) is 2.20. The van der Waals surface area contributed by atoms with Gasteiger partial charge in [-0.15, -0.1) is 0 Å². The number of pyridine rings is 1. The Morgan fingerprint density at radius 3 is 2.67 bits per heavy atom. The number of rotatable bonds is 4. The smallest absolute Gasteiger partial charge is 0.451 e. The summed E-state index contributed by atoms with van der Waals surface area (Å²) < 4.78 is 44.0. The minimum atomic E-state index is -4.61. The molecule has 0 saturated heterocycles. The molecule has 3 aromatic rings. The van der Waals surface area contributed by atoms with E-state index < -0.39 is 12.0 Å². The molecule has 0 amide bonds. The molecule has 0 aliphatic heterocycles. The van der Waals surface area contributed by atoms with Gasteiger partial charge in [-0.2, -0.15) is 13.2 Å². The van der Waals surface area contributed by atoms with Crippen molar-refractivity contribution in [2.24, 2.45) is 0 Å². The Morgan fingerprint density at radius 2 is 1.92 bits per heavy atom. The highest BCUT2D eigenvalue weighted by molar-refractivity contribution is 5.89. The molecule has 8 heteroatoms. The maximum atomic E-state index is 13.0. The molecule has 0 fully saturated rings. The second kappa shape index (κ2) is 6.31. The molecule has 5 nitrogen and oxygen atoms in total. The van der Waals surface area contributed by atoms with Crippen LogP contribution in [0.4, 0.5) is 19.0 Å². The number of nitrogens with zero attached hydrogens (tertiary/aromatic N) is 3. The van der Waals surface area contributed by atoms with Gasteiger partial charge in [0, 0.05) is 24.2 Å². The number of anilines is 1. The van der Waals surface area contributed by atoms with E-state index in [1.54, 1.807) is 36.5 Å². The first kappa shape index (κ1) is 16.0. The molecule has 3 rings (SSSR count). The lowest BCUT2D eigenvalue weighted by molar-refractivity contribution is -0.144. The van der Waals surface area contributed by atoms with Gasteiger partial charge < -0.3 is 10.1 Å². The van der Waals surface area contributed by atoms with Gasteiger partial charge in [0.05, 0.1) is 12.6 Å². The monoisotopic (exact) mass is 334 g/mol. The number of nitrogens with one attached hydrogen (secondary N) is 1. The number of alkyl halides is 3. The zero-order valence-electron chi connectivity index (χ0n) is 12.6. The molecule has 24 heavy (non-hydrogen) atoms. The van der Waals surface area contributed by atoms with Crippen LogP contribution in [0.5, 0.6) is 5.88 Å². The van der Waals surface area contributed by atoms with Crippen molar-refractivity contribution < 1.29 is 17.9 Å². The highest BCUT2D eigenvalue weighted by Gasteiger charge is 2.35. The van der Waals surface area contributed by atoms with Crippen molar-refractivity contribution in [3.63, 3.8) is 0 Å². The van der Waals surface area contributed by atoms with E-state index in [1.807, 2.05) is 0 Å². The molecule has 0 radical (unpaired) electrons. The second-order valence-electron chi connectivity index (χ2n) is 4.97. The first-order chi connectivity index (χ1) is 11.5. The maximum absolute atomic E-state index is 13.0. The van der Waals surface area contributed by atoms with Crippen molar-refractivity contribution in [1.29, 1.82) is 0 Å². The summed E-state index contributed by atoms with van der Waals surface area (Å²) in [6, 6.07) is 9.98. The molecule has 0 aliphatic carbocycles. The van der Waals surface area contributed by atoms with Crippen LogP contribution in [0.3, 0.4) is 0 Å². The summed E-state index contributed by atoms with van der Waals surface area (Å²) >= 11 is 0. The third kappa shape index (κ3) is 3.37. The number of hydrogen-bond acceptors (Lipinski definition) is 5. The van der Waals surface area contributed by atoms with Crippen LogP contribution in [0.15, 0.2) is 42.6 Å². The van der Waals surface area contributed by atoms with Crippen LogP contribution < -0.4 is 10.1 Å². The van der Waals surface area contributed by atoms with E-state index in [0.717, 1.165) is 5.56 Å². The van der Waals surface area contributed by atoms with Crippen LogP contribution in [0, 0.1) is 0 Å². The van der Waals surface area contributed by atoms with Gasteiger partial charge >= 0.3 is 6.18 Å². The molecule has 124 valence electrons. The largest absolute Gasteiger partial charge is 0.481 e. The Kier molecular flexibility index (Phi) is 4.20. The van der Waals surface area contributed by atoms with Crippen molar-refractivity contribution in [3.05, 3.63) is 54.0 Å². The first-order valence-corrected chi connectivity index (χ1v) is 7.04. The number of halogens is 3. The number of para-hydroxylation sites is 1. The fourth-order valence-corrected chi connectivity index (χ4v) is 2.20. The Hall–Kier alpha value is -2.90. The average molecular weight is 334 g/mol. The van der Waals surface area contributed by atoms with Gasteiger partial charge in [0.15, 0.2) is 0 Å². The van der Waals surface area contributed by atoms with Crippen molar-refractivity contribution in [3.8, 4) is 5.88 Å². The topological polar surface area (TPSA) is 59.9 Å². The first-order valence-electron chi connectivity index (χ1n) is 7.04. The summed E-state index contributed by atoms with van der Waals surface area (Å²) in [5, 5.41) is 3.45.